The summed E-state index contributed by atoms with van der Waals surface area (Å²) in [7, 11) is -3.77. The highest BCUT2D eigenvalue weighted by Gasteiger charge is 2.29. The highest BCUT2D eigenvalue weighted by atomic mass is 32.2. The third-order valence-electron chi connectivity index (χ3n) is 3.81. The van der Waals surface area contributed by atoms with Crippen LogP contribution in [0.2, 0.25) is 0 Å². The molecule has 0 saturated carbocycles. The van der Waals surface area contributed by atoms with Crippen LogP contribution in [-0.4, -0.2) is 33.4 Å². The fraction of sp³-hybridized carbons (Fsp3) is 0.235. The first-order valence-corrected chi connectivity index (χ1v) is 9.56. The molecule has 1 amide bonds. The number of fused-ring (bicyclic) bond motifs is 1. The van der Waals surface area contributed by atoms with E-state index in [4.69, 9.17) is 9.47 Å². The maximum atomic E-state index is 13.1. The molecule has 0 aliphatic carbocycles. The van der Waals surface area contributed by atoms with Crippen LogP contribution >= 0.6 is 0 Å². The number of carbonyl (C=O) groups is 1. The molecular weight excluding hydrogens is 363 g/mol. The Balaban J connectivity index is 1.83. The molecule has 2 aromatic carbocycles. The average molecular weight is 380 g/mol. The van der Waals surface area contributed by atoms with E-state index in [0.29, 0.717) is 17.2 Å². The van der Waals surface area contributed by atoms with E-state index in [2.05, 4.69) is 5.32 Å². The van der Waals surface area contributed by atoms with Gasteiger partial charge in [-0.3, -0.25) is 9.10 Å². The Labute approximate surface area is 150 Å². The van der Waals surface area contributed by atoms with E-state index in [9.17, 15) is 17.6 Å². The van der Waals surface area contributed by atoms with Crippen LogP contribution in [0, 0.1) is 5.82 Å². The van der Waals surface area contributed by atoms with Gasteiger partial charge in [-0.05, 0) is 43.3 Å². The molecule has 0 spiro atoms. The fourth-order valence-electron chi connectivity index (χ4n) is 2.62. The van der Waals surface area contributed by atoms with Gasteiger partial charge in [0.25, 0.3) is 0 Å². The predicted molar refractivity (Wildman–Crippen MR) is 94.4 cm³/mol. The van der Waals surface area contributed by atoms with Crippen LogP contribution in [0.4, 0.5) is 15.8 Å². The van der Waals surface area contributed by atoms with E-state index >= 15 is 0 Å². The molecule has 9 heteroatoms. The number of anilines is 2. The van der Waals surface area contributed by atoms with Gasteiger partial charge in [0, 0.05) is 11.8 Å². The molecule has 1 aliphatic heterocycles. The van der Waals surface area contributed by atoms with E-state index in [1.165, 1.54) is 19.1 Å². The first kappa shape index (κ1) is 18.0. The third kappa shape index (κ3) is 3.72. The van der Waals surface area contributed by atoms with E-state index in [1.54, 1.807) is 18.2 Å². The molecule has 3 rings (SSSR count). The minimum absolute atomic E-state index is 0.107. The van der Waals surface area contributed by atoms with Gasteiger partial charge < -0.3 is 14.8 Å². The standard InChI is InChI=1S/C17H17FN2O5S/c1-11(20(26(2,22)23)14-6-3-12(18)4-7-14)17(21)19-13-5-8-15-16(9-13)25-10-24-15/h3-9,11H,10H2,1-2H3,(H,19,21)/t11-/m0/s1. The zero-order valence-electron chi connectivity index (χ0n) is 14.1. The van der Waals surface area contributed by atoms with Gasteiger partial charge in [-0.25, -0.2) is 12.8 Å². The molecule has 1 heterocycles. The van der Waals surface area contributed by atoms with Crippen molar-refractivity contribution in [3.05, 3.63) is 48.3 Å². The third-order valence-corrected chi connectivity index (χ3v) is 5.05. The number of amides is 1. The summed E-state index contributed by atoms with van der Waals surface area (Å²) >= 11 is 0. The number of sulfonamides is 1. The molecule has 7 nitrogen and oxygen atoms in total. The highest BCUT2D eigenvalue weighted by Crippen LogP contribution is 2.34. The Morgan fingerprint density at radius 1 is 1.15 bits per heavy atom. The van der Waals surface area contributed by atoms with Gasteiger partial charge in [0.1, 0.15) is 11.9 Å². The normalized spacial score (nSPS) is 14.0. The SMILES string of the molecule is C[C@@H](C(=O)Nc1ccc2c(c1)OCO2)N(c1ccc(F)cc1)S(C)(=O)=O. The Bertz CT molecular complexity index is 931. The second kappa shape index (κ2) is 6.83. The van der Waals surface area contributed by atoms with Gasteiger partial charge in [-0.2, -0.15) is 0 Å². The maximum Gasteiger partial charge on any atom is 0.247 e. The largest absolute Gasteiger partial charge is 0.454 e. The second-order valence-corrected chi connectivity index (χ2v) is 7.63. The molecule has 1 N–H and O–H groups in total. The van der Waals surface area contributed by atoms with Crippen LogP contribution in [0.3, 0.4) is 0 Å². The van der Waals surface area contributed by atoms with Gasteiger partial charge in [0.2, 0.25) is 22.7 Å². The first-order chi connectivity index (χ1) is 12.3. The highest BCUT2D eigenvalue weighted by molar-refractivity contribution is 7.92. The lowest BCUT2D eigenvalue weighted by Crippen LogP contribution is -2.45. The maximum absolute atomic E-state index is 13.1. The van der Waals surface area contributed by atoms with E-state index in [0.717, 1.165) is 22.7 Å². The van der Waals surface area contributed by atoms with Crippen molar-refractivity contribution in [1.82, 2.24) is 0 Å². The minimum Gasteiger partial charge on any atom is -0.454 e. The monoisotopic (exact) mass is 380 g/mol. The number of nitrogens with zero attached hydrogens (tertiary/aromatic N) is 1. The summed E-state index contributed by atoms with van der Waals surface area (Å²) in [5.74, 6) is 0.0207. The molecular formula is C17H17FN2O5S. The lowest BCUT2D eigenvalue weighted by Gasteiger charge is -2.28. The van der Waals surface area contributed by atoms with Crippen LogP contribution in [-0.2, 0) is 14.8 Å². The molecule has 0 bridgehead atoms. The molecule has 1 aliphatic rings. The van der Waals surface area contributed by atoms with E-state index < -0.39 is 27.8 Å². The summed E-state index contributed by atoms with van der Waals surface area (Å²) in [6.07, 6.45) is 0.987. The van der Waals surface area contributed by atoms with Crippen molar-refractivity contribution in [1.29, 1.82) is 0 Å². The molecule has 0 saturated heterocycles. The number of hydrogen-bond acceptors (Lipinski definition) is 5. The van der Waals surface area contributed by atoms with Gasteiger partial charge in [0.05, 0.1) is 11.9 Å². The van der Waals surface area contributed by atoms with Crippen molar-refractivity contribution in [3.63, 3.8) is 0 Å². The summed E-state index contributed by atoms with van der Waals surface area (Å²) in [6.45, 7) is 1.56. The van der Waals surface area contributed by atoms with Crippen LogP contribution in [0.1, 0.15) is 6.92 Å². The van der Waals surface area contributed by atoms with E-state index in [-0.39, 0.29) is 12.5 Å². The van der Waals surface area contributed by atoms with Crippen LogP contribution < -0.4 is 19.1 Å². The smallest absolute Gasteiger partial charge is 0.247 e. The fourth-order valence-corrected chi connectivity index (χ4v) is 3.79. The minimum atomic E-state index is -3.77. The number of benzene rings is 2. The molecule has 2 aromatic rings. The van der Waals surface area contributed by atoms with Crippen molar-refractivity contribution in [2.75, 3.05) is 22.7 Å². The van der Waals surface area contributed by atoms with Crippen molar-refractivity contribution < 1.29 is 27.1 Å². The van der Waals surface area contributed by atoms with Crippen molar-refractivity contribution >= 4 is 27.3 Å². The van der Waals surface area contributed by atoms with Crippen LogP contribution in [0.25, 0.3) is 0 Å². The van der Waals surface area contributed by atoms with Crippen molar-refractivity contribution in [2.45, 2.75) is 13.0 Å². The number of hydrogen-bond donors (Lipinski definition) is 1. The Morgan fingerprint density at radius 3 is 2.46 bits per heavy atom. The Hall–Kier alpha value is -2.81. The number of ether oxygens (including phenoxy) is 2. The van der Waals surface area contributed by atoms with Crippen LogP contribution in [0.5, 0.6) is 11.5 Å². The quantitative estimate of drug-likeness (QED) is 0.861. The van der Waals surface area contributed by atoms with Gasteiger partial charge in [-0.1, -0.05) is 0 Å². The zero-order valence-corrected chi connectivity index (χ0v) is 14.9. The molecule has 138 valence electrons. The number of nitrogens with one attached hydrogen (secondary N) is 1. The summed E-state index contributed by atoms with van der Waals surface area (Å²) < 4.78 is 48.9. The van der Waals surface area contributed by atoms with Gasteiger partial charge in [-0.15, -0.1) is 0 Å². The second-order valence-electron chi connectivity index (χ2n) is 5.77. The van der Waals surface area contributed by atoms with Crippen molar-refractivity contribution in [2.24, 2.45) is 0 Å². The Kier molecular flexibility index (Phi) is 4.73. The Morgan fingerprint density at radius 2 is 1.81 bits per heavy atom. The van der Waals surface area contributed by atoms with Crippen LogP contribution in [0.15, 0.2) is 42.5 Å². The zero-order chi connectivity index (χ0) is 18.9. The summed E-state index contributed by atoms with van der Waals surface area (Å²) in [4.78, 5) is 12.6. The predicted octanol–water partition coefficient (Wildman–Crippen LogP) is 2.35. The lowest BCUT2D eigenvalue weighted by molar-refractivity contribution is -0.116. The summed E-state index contributed by atoms with van der Waals surface area (Å²) in [5.41, 5.74) is 0.640. The number of carbonyl (C=O) groups excluding carboxylic acids is 1. The van der Waals surface area contributed by atoms with Crippen molar-refractivity contribution in [3.8, 4) is 11.5 Å². The summed E-state index contributed by atoms with van der Waals surface area (Å²) in [6, 6.07) is 8.70. The molecule has 0 unspecified atom stereocenters. The van der Waals surface area contributed by atoms with Gasteiger partial charge >= 0.3 is 0 Å². The lowest BCUT2D eigenvalue weighted by atomic mass is 10.2. The molecule has 1 atom stereocenters. The molecule has 0 fully saturated rings. The van der Waals surface area contributed by atoms with E-state index in [1.807, 2.05) is 0 Å². The number of rotatable bonds is 5. The first-order valence-electron chi connectivity index (χ1n) is 7.71. The van der Waals surface area contributed by atoms with Gasteiger partial charge in [0.15, 0.2) is 11.5 Å². The summed E-state index contributed by atoms with van der Waals surface area (Å²) in [5, 5.41) is 2.65. The average Bonchev–Trinajstić information content (AvgIpc) is 3.03. The molecule has 26 heavy (non-hydrogen) atoms. The number of halogens is 1. The topological polar surface area (TPSA) is 84.9 Å². The molecule has 0 aromatic heterocycles. The molecule has 0 radical (unpaired) electrons.